The van der Waals surface area contributed by atoms with Crippen LogP contribution < -0.4 is 5.73 Å². The van der Waals surface area contributed by atoms with Crippen molar-refractivity contribution in [1.82, 2.24) is 4.31 Å². The van der Waals surface area contributed by atoms with Gasteiger partial charge in [-0.1, -0.05) is 19.8 Å². The number of thiophene rings is 1. The first-order valence-corrected chi connectivity index (χ1v) is 9.03. The zero-order valence-electron chi connectivity index (χ0n) is 11.5. The van der Waals surface area contributed by atoms with Crippen molar-refractivity contribution < 1.29 is 8.42 Å². The highest BCUT2D eigenvalue weighted by atomic mass is 32.2. The van der Waals surface area contributed by atoms with Gasteiger partial charge in [-0.05, 0) is 30.2 Å². The highest BCUT2D eigenvalue weighted by Crippen LogP contribution is 2.31. The summed E-state index contributed by atoms with van der Waals surface area (Å²) >= 11 is 1.41. The lowest BCUT2D eigenvalue weighted by molar-refractivity contribution is 0.239. The van der Waals surface area contributed by atoms with Gasteiger partial charge in [0.2, 0.25) is 10.0 Å². The smallest absolute Gasteiger partial charge is 0.244 e. The van der Waals surface area contributed by atoms with Crippen molar-refractivity contribution in [1.29, 1.82) is 0 Å². The molecule has 4 nitrogen and oxygen atoms in total. The van der Waals surface area contributed by atoms with E-state index in [-0.39, 0.29) is 12.6 Å². The maximum atomic E-state index is 12.7. The Morgan fingerprint density at radius 3 is 2.84 bits per heavy atom. The first kappa shape index (κ1) is 15.0. The van der Waals surface area contributed by atoms with Crippen molar-refractivity contribution in [2.24, 2.45) is 11.7 Å². The molecule has 1 saturated carbocycles. The molecule has 0 radical (unpaired) electrons. The average molecular weight is 302 g/mol. The molecule has 0 aromatic carbocycles. The molecule has 1 aromatic heterocycles. The molecule has 108 valence electrons. The maximum absolute atomic E-state index is 12.7. The summed E-state index contributed by atoms with van der Waals surface area (Å²) in [5, 5.41) is 1.80. The molecule has 2 rings (SSSR count). The topological polar surface area (TPSA) is 63.4 Å². The van der Waals surface area contributed by atoms with Crippen LogP contribution in [0, 0.1) is 5.92 Å². The molecule has 0 saturated heterocycles. The van der Waals surface area contributed by atoms with E-state index in [1.54, 1.807) is 22.8 Å². The molecule has 2 unspecified atom stereocenters. The predicted molar refractivity (Wildman–Crippen MR) is 78.6 cm³/mol. The van der Waals surface area contributed by atoms with E-state index in [0.717, 1.165) is 24.1 Å². The summed E-state index contributed by atoms with van der Waals surface area (Å²) < 4.78 is 26.9. The Labute approximate surface area is 119 Å². The molecule has 2 atom stereocenters. The minimum atomic E-state index is -3.40. The molecule has 0 aliphatic heterocycles. The maximum Gasteiger partial charge on any atom is 0.244 e. The van der Waals surface area contributed by atoms with Crippen LogP contribution in [0.15, 0.2) is 16.3 Å². The van der Waals surface area contributed by atoms with Crippen LogP contribution in [0.4, 0.5) is 0 Å². The summed E-state index contributed by atoms with van der Waals surface area (Å²) in [7, 11) is -1.69. The second-order valence-electron chi connectivity index (χ2n) is 5.36. The summed E-state index contributed by atoms with van der Waals surface area (Å²) in [4.78, 5) is 1.14. The Morgan fingerprint density at radius 2 is 2.21 bits per heavy atom. The Kier molecular flexibility index (Phi) is 4.66. The summed E-state index contributed by atoms with van der Waals surface area (Å²) in [6, 6.07) is 1.80. The quantitative estimate of drug-likeness (QED) is 0.929. The Bertz CT molecular complexity index is 525. The number of sulfonamides is 1. The van der Waals surface area contributed by atoms with E-state index < -0.39 is 10.0 Å². The Balaban J connectivity index is 2.24. The van der Waals surface area contributed by atoms with E-state index in [1.165, 1.54) is 17.8 Å². The zero-order chi connectivity index (χ0) is 14.0. The Morgan fingerprint density at radius 1 is 1.47 bits per heavy atom. The summed E-state index contributed by atoms with van der Waals surface area (Å²) in [5.41, 5.74) is 5.62. The molecule has 6 heteroatoms. The van der Waals surface area contributed by atoms with Gasteiger partial charge in [0.25, 0.3) is 0 Å². The van der Waals surface area contributed by atoms with Gasteiger partial charge < -0.3 is 5.73 Å². The molecule has 1 heterocycles. The molecule has 19 heavy (non-hydrogen) atoms. The van der Waals surface area contributed by atoms with Crippen molar-refractivity contribution in [2.45, 2.75) is 50.1 Å². The fourth-order valence-corrected chi connectivity index (χ4v) is 5.49. The van der Waals surface area contributed by atoms with Gasteiger partial charge in [-0.2, -0.15) is 4.31 Å². The van der Waals surface area contributed by atoms with Crippen molar-refractivity contribution >= 4 is 21.4 Å². The third kappa shape index (κ3) is 3.02. The summed E-state index contributed by atoms with van der Waals surface area (Å²) in [6.07, 6.45) is 4.23. The molecular formula is C13H22N2O2S2. The molecule has 0 amide bonds. The van der Waals surface area contributed by atoms with Gasteiger partial charge in [0.05, 0.1) is 4.90 Å². The molecule has 1 aliphatic carbocycles. The molecule has 1 aromatic rings. The van der Waals surface area contributed by atoms with E-state index in [2.05, 4.69) is 6.92 Å². The van der Waals surface area contributed by atoms with E-state index >= 15 is 0 Å². The predicted octanol–water partition coefficient (Wildman–Crippen LogP) is 2.41. The van der Waals surface area contributed by atoms with Crippen LogP contribution in [-0.2, 0) is 16.6 Å². The van der Waals surface area contributed by atoms with Crippen LogP contribution in [0.3, 0.4) is 0 Å². The van der Waals surface area contributed by atoms with Gasteiger partial charge in [-0.3, -0.25) is 0 Å². The van der Waals surface area contributed by atoms with Crippen LogP contribution in [0.5, 0.6) is 0 Å². The van der Waals surface area contributed by atoms with Crippen LogP contribution in [0.2, 0.25) is 0 Å². The standard InChI is InChI=1S/C13H22N2O2S2/c1-10-4-3-5-11(8-10)15(2)19(16,17)13-6-7-18-12(13)9-14/h6-7,10-11H,3-5,8-9,14H2,1-2H3. The fraction of sp³-hybridized carbons (Fsp3) is 0.692. The lowest BCUT2D eigenvalue weighted by Crippen LogP contribution is -2.40. The van der Waals surface area contributed by atoms with Gasteiger partial charge in [0.1, 0.15) is 0 Å². The average Bonchev–Trinajstić information content (AvgIpc) is 2.86. The largest absolute Gasteiger partial charge is 0.326 e. The van der Waals surface area contributed by atoms with Crippen LogP contribution in [-0.4, -0.2) is 25.8 Å². The number of nitrogens with zero attached hydrogens (tertiary/aromatic N) is 1. The van der Waals surface area contributed by atoms with E-state index in [9.17, 15) is 8.42 Å². The third-order valence-corrected chi connectivity index (χ3v) is 7.04. The highest BCUT2D eigenvalue weighted by Gasteiger charge is 2.32. The number of hydrogen-bond donors (Lipinski definition) is 1. The van der Waals surface area contributed by atoms with Crippen LogP contribution >= 0.6 is 11.3 Å². The number of nitrogens with two attached hydrogens (primary N) is 1. The number of hydrogen-bond acceptors (Lipinski definition) is 4. The van der Waals surface area contributed by atoms with E-state index in [1.807, 2.05) is 0 Å². The van der Waals surface area contributed by atoms with Crippen molar-refractivity contribution in [2.75, 3.05) is 7.05 Å². The molecule has 0 bridgehead atoms. The minimum Gasteiger partial charge on any atom is -0.326 e. The summed E-state index contributed by atoms with van der Waals surface area (Å²) in [6.45, 7) is 2.48. The highest BCUT2D eigenvalue weighted by molar-refractivity contribution is 7.89. The van der Waals surface area contributed by atoms with E-state index in [0.29, 0.717) is 10.8 Å². The SMILES string of the molecule is CC1CCCC(N(C)S(=O)(=O)c2ccsc2CN)C1. The third-order valence-electron chi connectivity index (χ3n) is 3.97. The van der Waals surface area contributed by atoms with Gasteiger partial charge >= 0.3 is 0 Å². The summed E-state index contributed by atoms with van der Waals surface area (Å²) in [5.74, 6) is 0.604. The first-order chi connectivity index (χ1) is 8.96. The molecule has 2 N–H and O–H groups in total. The Hall–Kier alpha value is -0.430. The van der Waals surface area contributed by atoms with Crippen molar-refractivity contribution in [3.63, 3.8) is 0 Å². The van der Waals surface area contributed by atoms with Gasteiger partial charge in [0, 0.05) is 24.5 Å². The van der Waals surface area contributed by atoms with Crippen molar-refractivity contribution in [3.8, 4) is 0 Å². The molecule has 1 aliphatic rings. The monoisotopic (exact) mass is 302 g/mol. The number of rotatable bonds is 4. The normalized spacial score (nSPS) is 24.8. The second-order valence-corrected chi connectivity index (χ2v) is 8.33. The van der Waals surface area contributed by atoms with Gasteiger partial charge in [-0.25, -0.2) is 8.42 Å². The van der Waals surface area contributed by atoms with Gasteiger partial charge in [-0.15, -0.1) is 11.3 Å². The van der Waals surface area contributed by atoms with E-state index in [4.69, 9.17) is 5.73 Å². The lowest BCUT2D eigenvalue weighted by Gasteiger charge is -2.33. The van der Waals surface area contributed by atoms with Crippen molar-refractivity contribution in [3.05, 3.63) is 16.3 Å². The first-order valence-electron chi connectivity index (χ1n) is 6.71. The minimum absolute atomic E-state index is 0.124. The van der Waals surface area contributed by atoms with Crippen LogP contribution in [0.1, 0.15) is 37.5 Å². The fourth-order valence-electron chi connectivity index (χ4n) is 2.79. The lowest BCUT2D eigenvalue weighted by atomic mass is 9.87. The van der Waals surface area contributed by atoms with Gasteiger partial charge in [0.15, 0.2) is 0 Å². The molecular weight excluding hydrogens is 280 g/mol. The second kappa shape index (κ2) is 5.91. The van der Waals surface area contributed by atoms with Crippen LogP contribution in [0.25, 0.3) is 0 Å². The molecule has 1 fully saturated rings. The zero-order valence-corrected chi connectivity index (χ0v) is 13.1. The molecule has 0 spiro atoms.